The van der Waals surface area contributed by atoms with Crippen molar-refractivity contribution in [1.82, 2.24) is 4.90 Å². The van der Waals surface area contributed by atoms with Gasteiger partial charge in [-0.25, -0.2) is 0 Å². The molecule has 0 aliphatic heterocycles. The number of allylic oxidation sites excluding steroid dienone is 1. The topological polar surface area (TPSA) is 3.24 Å². The van der Waals surface area contributed by atoms with Gasteiger partial charge in [0.15, 0.2) is 0 Å². The first kappa shape index (κ1) is 10.7. The number of hydrogen-bond acceptors (Lipinski definition) is 1. The van der Waals surface area contributed by atoms with Gasteiger partial charge in [-0.05, 0) is 32.9 Å². The first-order valence-corrected chi connectivity index (χ1v) is 4.52. The van der Waals surface area contributed by atoms with Crippen LogP contribution in [-0.2, 0) is 0 Å². The molecule has 0 aliphatic rings. The van der Waals surface area contributed by atoms with Gasteiger partial charge < -0.3 is 4.90 Å². The molecule has 0 amide bonds. The van der Waals surface area contributed by atoms with Crippen molar-refractivity contribution in [3.8, 4) is 0 Å². The van der Waals surface area contributed by atoms with E-state index >= 15 is 0 Å². The fourth-order valence-corrected chi connectivity index (χ4v) is 1.35. The number of nitrogens with zero attached hydrogens (tertiary/aromatic N) is 1. The lowest BCUT2D eigenvalue weighted by Crippen LogP contribution is -2.24. The Hall–Kier alpha value is -0.300. The summed E-state index contributed by atoms with van der Waals surface area (Å²) in [6.07, 6.45) is 5.63. The van der Waals surface area contributed by atoms with Gasteiger partial charge in [0.1, 0.15) is 0 Å². The Balaban J connectivity index is 3.48. The molecular formula is C10H21N. The highest BCUT2D eigenvalue weighted by Gasteiger charge is 2.00. The third kappa shape index (κ3) is 6.11. The van der Waals surface area contributed by atoms with Crippen LogP contribution >= 0.6 is 0 Å². The van der Waals surface area contributed by atoms with Crippen molar-refractivity contribution in [2.45, 2.75) is 27.2 Å². The van der Waals surface area contributed by atoms with Crippen LogP contribution in [0, 0.1) is 5.92 Å². The molecule has 0 rings (SSSR count). The molecule has 0 N–H and O–H groups in total. The van der Waals surface area contributed by atoms with E-state index in [-0.39, 0.29) is 0 Å². The van der Waals surface area contributed by atoms with E-state index in [2.05, 4.69) is 44.9 Å². The summed E-state index contributed by atoms with van der Waals surface area (Å²) in [4.78, 5) is 2.38. The molecule has 0 bridgehead atoms. The van der Waals surface area contributed by atoms with Crippen LogP contribution in [0.1, 0.15) is 27.2 Å². The van der Waals surface area contributed by atoms with Gasteiger partial charge in [0.25, 0.3) is 0 Å². The van der Waals surface area contributed by atoms with E-state index in [1.54, 1.807) is 0 Å². The minimum absolute atomic E-state index is 0.691. The molecule has 0 spiro atoms. The Morgan fingerprint density at radius 2 is 2.09 bits per heavy atom. The summed E-state index contributed by atoms with van der Waals surface area (Å²) in [5, 5.41) is 0. The molecule has 1 atom stereocenters. The Morgan fingerprint density at radius 1 is 1.45 bits per heavy atom. The summed E-state index contributed by atoms with van der Waals surface area (Å²) in [7, 11) is 2.18. The molecule has 0 heterocycles. The van der Waals surface area contributed by atoms with E-state index in [9.17, 15) is 0 Å². The normalized spacial score (nSPS) is 14.6. The predicted molar refractivity (Wildman–Crippen MR) is 51.8 cm³/mol. The summed E-state index contributed by atoms with van der Waals surface area (Å²) >= 11 is 0. The first-order chi connectivity index (χ1) is 5.20. The van der Waals surface area contributed by atoms with Crippen molar-refractivity contribution < 1.29 is 0 Å². The summed E-state index contributed by atoms with van der Waals surface area (Å²) < 4.78 is 0. The molecule has 0 aromatic rings. The molecule has 0 aliphatic carbocycles. The van der Waals surface area contributed by atoms with Gasteiger partial charge in [-0.2, -0.15) is 0 Å². The average molecular weight is 155 g/mol. The van der Waals surface area contributed by atoms with Gasteiger partial charge in [0, 0.05) is 6.54 Å². The van der Waals surface area contributed by atoms with Crippen molar-refractivity contribution in [3.05, 3.63) is 12.2 Å². The molecule has 0 unspecified atom stereocenters. The van der Waals surface area contributed by atoms with E-state index in [4.69, 9.17) is 0 Å². The second kappa shape index (κ2) is 6.41. The van der Waals surface area contributed by atoms with E-state index in [1.807, 2.05) is 0 Å². The maximum Gasteiger partial charge on any atom is 0.00386 e. The van der Waals surface area contributed by atoms with Crippen LogP contribution in [0.2, 0.25) is 0 Å². The number of rotatable bonds is 5. The highest BCUT2D eigenvalue weighted by molar-refractivity contribution is 4.84. The maximum absolute atomic E-state index is 2.38. The van der Waals surface area contributed by atoms with Crippen LogP contribution in [-0.4, -0.2) is 25.0 Å². The average Bonchev–Trinajstić information content (AvgIpc) is 1.87. The number of hydrogen-bond donors (Lipinski definition) is 0. The molecule has 66 valence electrons. The third-order valence-electron chi connectivity index (χ3n) is 1.73. The lowest BCUT2D eigenvalue weighted by molar-refractivity contribution is 0.308. The molecule has 0 fully saturated rings. The lowest BCUT2D eigenvalue weighted by atomic mass is 10.1. The fourth-order valence-electron chi connectivity index (χ4n) is 1.35. The van der Waals surface area contributed by atoms with Crippen molar-refractivity contribution in [2.75, 3.05) is 20.1 Å². The van der Waals surface area contributed by atoms with Crippen LogP contribution in [0.5, 0.6) is 0 Å². The minimum atomic E-state index is 0.691. The van der Waals surface area contributed by atoms with Gasteiger partial charge in [-0.3, -0.25) is 0 Å². The summed E-state index contributed by atoms with van der Waals surface area (Å²) in [5.74, 6) is 0.691. The second-order valence-electron chi connectivity index (χ2n) is 3.27. The van der Waals surface area contributed by atoms with Crippen molar-refractivity contribution in [3.63, 3.8) is 0 Å². The first-order valence-electron chi connectivity index (χ1n) is 4.52. The van der Waals surface area contributed by atoms with Gasteiger partial charge in [-0.15, -0.1) is 0 Å². The lowest BCUT2D eigenvalue weighted by Gasteiger charge is -2.18. The van der Waals surface area contributed by atoms with Gasteiger partial charge >= 0.3 is 0 Å². The molecule has 0 aromatic carbocycles. The van der Waals surface area contributed by atoms with E-state index in [1.165, 1.54) is 19.5 Å². The van der Waals surface area contributed by atoms with Gasteiger partial charge in [-0.1, -0.05) is 26.0 Å². The fraction of sp³-hybridized carbons (Fsp3) is 0.800. The molecule has 0 saturated carbocycles. The van der Waals surface area contributed by atoms with Crippen LogP contribution in [0.15, 0.2) is 12.2 Å². The molecule has 0 radical (unpaired) electrons. The summed E-state index contributed by atoms with van der Waals surface area (Å²) in [6, 6.07) is 0. The Bertz CT molecular complexity index is 107. The van der Waals surface area contributed by atoms with Crippen LogP contribution in [0.3, 0.4) is 0 Å². The Kier molecular flexibility index (Phi) is 6.24. The molecule has 1 nitrogen and oxygen atoms in total. The quantitative estimate of drug-likeness (QED) is 0.551. The summed E-state index contributed by atoms with van der Waals surface area (Å²) in [5.41, 5.74) is 0. The SMILES string of the molecule is C/C=C/[C@@H](C)CN(C)CCC. The largest absolute Gasteiger partial charge is 0.306 e. The molecule has 11 heavy (non-hydrogen) atoms. The zero-order chi connectivity index (χ0) is 8.69. The standard InChI is InChI=1S/C10H21N/c1-5-7-10(3)9-11(4)8-6-2/h5,7,10H,6,8-9H2,1-4H3/b7-5+/t10-/m1/s1. The second-order valence-corrected chi connectivity index (χ2v) is 3.27. The van der Waals surface area contributed by atoms with E-state index in [0.717, 1.165) is 0 Å². The van der Waals surface area contributed by atoms with E-state index in [0.29, 0.717) is 5.92 Å². The maximum atomic E-state index is 2.38. The van der Waals surface area contributed by atoms with Crippen molar-refractivity contribution in [2.24, 2.45) is 5.92 Å². The molecule has 0 saturated heterocycles. The minimum Gasteiger partial charge on any atom is -0.306 e. The van der Waals surface area contributed by atoms with Crippen molar-refractivity contribution >= 4 is 0 Å². The predicted octanol–water partition coefficient (Wildman–Crippen LogP) is 2.54. The van der Waals surface area contributed by atoms with Gasteiger partial charge in [0.05, 0.1) is 0 Å². The molecule has 0 aromatic heterocycles. The molecular weight excluding hydrogens is 134 g/mol. The van der Waals surface area contributed by atoms with Crippen LogP contribution in [0.4, 0.5) is 0 Å². The Morgan fingerprint density at radius 3 is 2.55 bits per heavy atom. The van der Waals surface area contributed by atoms with Crippen LogP contribution < -0.4 is 0 Å². The monoisotopic (exact) mass is 155 g/mol. The zero-order valence-corrected chi connectivity index (χ0v) is 8.30. The van der Waals surface area contributed by atoms with E-state index < -0.39 is 0 Å². The smallest absolute Gasteiger partial charge is 0.00386 e. The molecule has 1 heteroatoms. The van der Waals surface area contributed by atoms with Crippen molar-refractivity contribution in [1.29, 1.82) is 0 Å². The highest BCUT2D eigenvalue weighted by atomic mass is 15.1. The Labute approximate surface area is 71.1 Å². The third-order valence-corrected chi connectivity index (χ3v) is 1.73. The zero-order valence-electron chi connectivity index (χ0n) is 8.30. The summed E-state index contributed by atoms with van der Waals surface area (Å²) in [6.45, 7) is 8.94. The van der Waals surface area contributed by atoms with Gasteiger partial charge in [0.2, 0.25) is 0 Å². The van der Waals surface area contributed by atoms with Crippen LogP contribution in [0.25, 0.3) is 0 Å². The highest BCUT2D eigenvalue weighted by Crippen LogP contribution is 1.99.